The number of rotatable bonds is 3. The number of nitriles is 1. The second-order valence-electron chi connectivity index (χ2n) is 4.82. The van der Waals surface area contributed by atoms with Gasteiger partial charge in [-0.25, -0.2) is 13.8 Å². The van der Waals surface area contributed by atoms with E-state index in [0.717, 1.165) is 12.1 Å². The van der Waals surface area contributed by atoms with Crippen molar-refractivity contribution < 1.29 is 13.6 Å². The van der Waals surface area contributed by atoms with Gasteiger partial charge in [0.2, 0.25) is 5.91 Å². The molecule has 3 rings (SSSR count). The second-order valence-corrected chi connectivity index (χ2v) is 4.82. The van der Waals surface area contributed by atoms with Crippen molar-refractivity contribution in [1.82, 2.24) is 9.97 Å². The quantitative estimate of drug-likeness (QED) is 0.779. The Balaban J connectivity index is 1.86. The van der Waals surface area contributed by atoms with E-state index in [-0.39, 0.29) is 11.5 Å². The molecule has 0 fully saturated rings. The summed E-state index contributed by atoms with van der Waals surface area (Å²) < 4.78 is 26.1. The van der Waals surface area contributed by atoms with Gasteiger partial charge in [0.1, 0.15) is 5.82 Å². The largest absolute Gasteiger partial charge is 0.340 e. The number of aromatic nitrogens is 2. The van der Waals surface area contributed by atoms with E-state index in [0.29, 0.717) is 11.0 Å². The molecule has 114 valence electrons. The van der Waals surface area contributed by atoms with Gasteiger partial charge in [0.15, 0.2) is 17.6 Å². The molecule has 1 atom stereocenters. The Morgan fingerprint density at radius 2 is 2.00 bits per heavy atom. The summed E-state index contributed by atoms with van der Waals surface area (Å²) in [5.74, 6) is -3.79. The van der Waals surface area contributed by atoms with Crippen LogP contribution in [0.2, 0.25) is 0 Å². The van der Waals surface area contributed by atoms with Gasteiger partial charge in [-0.3, -0.25) is 4.79 Å². The molecule has 0 bridgehead atoms. The number of anilines is 1. The van der Waals surface area contributed by atoms with Crippen LogP contribution in [-0.4, -0.2) is 15.9 Å². The molecular formula is C16H10F2N4O. The van der Waals surface area contributed by atoms with Crippen LogP contribution in [0.15, 0.2) is 42.5 Å². The first-order valence-electron chi connectivity index (χ1n) is 6.68. The van der Waals surface area contributed by atoms with Gasteiger partial charge >= 0.3 is 0 Å². The number of hydrogen-bond donors (Lipinski definition) is 2. The van der Waals surface area contributed by atoms with E-state index in [4.69, 9.17) is 0 Å². The van der Waals surface area contributed by atoms with Crippen molar-refractivity contribution in [1.29, 1.82) is 5.26 Å². The normalized spacial score (nSPS) is 11.9. The molecule has 0 spiro atoms. The SMILES string of the molecule is N#CC(C(=O)Nc1ccc(F)c(F)c1)c1nc2ccccc2[nH]1. The lowest BCUT2D eigenvalue weighted by molar-refractivity contribution is -0.116. The van der Waals surface area contributed by atoms with E-state index in [9.17, 15) is 18.8 Å². The van der Waals surface area contributed by atoms with Gasteiger partial charge in [0.05, 0.1) is 17.1 Å². The molecule has 3 aromatic rings. The van der Waals surface area contributed by atoms with Crippen molar-refractivity contribution in [3.63, 3.8) is 0 Å². The van der Waals surface area contributed by atoms with Crippen LogP contribution in [0, 0.1) is 23.0 Å². The monoisotopic (exact) mass is 312 g/mol. The number of carbonyl (C=O) groups is 1. The molecule has 23 heavy (non-hydrogen) atoms. The average Bonchev–Trinajstić information content (AvgIpc) is 2.95. The number of nitrogens with zero attached hydrogens (tertiary/aromatic N) is 2. The third-order valence-corrected chi connectivity index (χ3v) is 3.26. The maximum atomic E-state index is 13.2. The molecule has 1 amide bonds. The molecule has 2 N–H and O–H groups in total. The van der Waals surface area contributed by atoms with Gasteiger partial charge in [-0.2, -0.15) is 5.26 Å². The van der Waals surface area contributed by atoms with Gasteiger partial charge in [-0.1, -0.05) is 12.1 Å². The van der Waals surface area contributed by atoms with Crippen molar-refractivity contribution in [2.24, 2.45) is 0 Å². The van der Waals surface area contributed by atoms with Gasteiger partial charge in [0, 0.05) is 11.8 Å². The van der Waals surface area contributed by atoms with Crippen LogP contribution in [-0.2, 0) is 4.79 Å². The highest BCUT2D eigenvalue weighted by atomic mass is 19.2. The number of halogens is 2. The fourth-order valence-corrected chi connectivity index (χ4v) is 2.14. The van der Waals surface area contributed by atoms with E-state index in [1.807, 2.05) is 6.07 Å². The number of nitrogens with one attached hydrogen (secondary N) is 2. The van der Waals surface area contributed by atoms with Crippen molar-refractivity contribution in [3.8, 4) is 6.07 Å². The van der Waals surface area contributed by atoms with E-state index < -0.39 is 23.5 Å². The predicted octanol–water partition coefficient (Wildman–Crippen LogP) is 3.09. The van der Waals surface area contributed by atoms with Gasteiger partial charge in [-0.05, 0) is 24.3 Å². The molecule has 0 radical (unpaired) electrons. The maximum absolute atomic E-state index is 13.2. The summed E-state index contributed by atoms with van der Waals surface area (Å²) in [7, 11) is 0. The molecular weight excluding hydrogens is 302 g/mol. The smallest absolute Gasteiger partial charge is 0.249 e. The molecule has 0 saturated heterocycles. The number of benzene rings is 2. The minimum Gasteiger partial charge on any atom is -0.340 e. The lowest BCUT2D eigenvalue weighted by Crippen LogP contribution is -2.21. The van der Waals surface area contributed by atoms with E-state index in [1.165, 1.54) is 6.07 Å². The maximum Gasteiger partial charge on any atom is 0.249 e. The number of H-pyrrole nitrogens is 1. The standard InChI is InChI=1S/C16H10F2N4O/c17-11-6-5-9(7-12(11)18)20-16(23)10(8-19)15-21-13-3-1-2-4-14(13)22-15/h1-7,10H,(H,20,23)(H,21,22). The molecule has 5 nitrogen and oxygen atoms in total. The Bertz CT molecular complexity index is 896. The van der Waals surface area contributed by atoms with Gasteiger partial charge < -0.3 is 10.3 Å². The molecule has 1 unspecified atom stereocenters. The summed E-state index contributed by atoms with van der Waals surface area (Å²) in [5.41, 5.74) is 1.39. The van der Waals surface area contributed by atoms with Crippen molar-refractivity contribution in [2.75, 3.05) is 5.32 Å². The Hall–Kier alpha value is -3.27. The van der Waals surface area contributed by atoms with Gasteiger partial charge in [0.25, 0.3) is 0 Å². The summed E-state index contributed by atoms with van der Waals surface area (Å²) in [6.45, 7) is 0. The van der Waals surface area contributed by atoms with Crippen LogP contribution in [0.4, 0.5) is 14.5 Å². The van der Waals surface area contributed by atoms with Crippen LogP contribution >= 0.6 is 0 Å². The highest BCUT2D eigenvalue weighted by Gasteiger charge is 2.24. The molecule has 0 aliphatic carbocycles. The summed E-state index contributed by atoms with van der Waals surface area (Å²) in [5, 5.41) is 11.6. The number of carbonyl (C=O) groups excluding carboxylic acids is 1. The van der Waals surface area contributed by atoms with Crippen molar-refractivity contribution >= 4 is 22.6 Å². The Morgan fingerprint density at radius 3 is 2.70 bits per heavy atom. The molecule has 1 heterocycles. The summed E-state index contributed by atoms with van der Waals surface area (Å²) >= 11 is 0. The zero-order valence-electron chi connectivity index (χ0n) is 11.7. The lowest BCUT2D eigenvalue weighted by atomic mass is 10.1. The van der Waals surface area contributed by atoms with Gasteiger partial charge in [-0.15, -0.1) is 0 Å². The summed E-state index contributed by atoms with van der Waals surface area (Å²) in [4.78, 5) is 19.3. The van der Waals surface area contributed by atoms with E-state index in [1.54, 1.807) is 24.3 Å². The third-order valence-electron chi connectivity index (χ3n) is 3.26. The molecule has 2 aromatic carbocycles. The zero-order chi connectivity index (χ0) is 16.4. The van der Waals surface area contributed by atoms with Crippen LogP contribution < -0.4 is 5.32 Å². The van der Waals surface area contributed by atoms with E-state index >= 15 is 0 Å². The summed E-state index contributed by atoms with van der Waals surface area (Å²) in [6.07, 6.45) is 0. The van der Waals surface area contributed by atoms with Crippen LogP contribution in [0.25, 0.3) is 11.0 Å². The van der Waals surface area contributed by atoms with Crippen LogP contribution in [0.3, 0.4) is 0 Å². The zero-order valence-corrected chi connectivity index (χ0v) is 11.7. The fourth-order valence-electron chi connectivity index (χ4n) is 2.14. The first-order chi connectivity index (χ1) is 11.1. The number of aromatic amines is 1. The Labute approximate surface area is 129 Å². The number of hydrogen-bond acceptors (Lipinski definition) is 3. The van der Waals surface area contributed by atoms with Crippen LogP contribution in [0.5, 0.6) is 0 Å². The van der Waals surface area contributed by atoms with E-state index in [2.05, 4.69) is 15.3 Å². The highest BCUT2D eigenvalue weighted by molar-refractivity contribution is 5.97. The van der Waals surface area contributed by atoms with Crippen LogP contribution in [0.1, 0.15) is 11.7 Å². The Kier molecular flexibility index (Phi) is 3.73. The molecule has 7 heteroatoms. The topological polar surface area (TPSA) is 81.6 Å². The average molecular weight is 312 g/mol. The molecule has 1 aromatic heterocycles. The highest BCUT2D eigenvalue weighted by Crippen LogP contribution is 2.20. The van der Waals surface area contributed by atoms with Crippen molar-refractivity contribution in [2.45, 2.75) is 5.92 Å². The summed E-state index contributed by atoms with van der Waals surface area (Å²) in [6, 6.07) is 11.9. The number of amides is 1. The predicted molar refractivity (Wildman–Crippen MR) is 79.4 cm³/mol. The first-order valence-corrected chi connectivity index (χ1v) is 6.68. The second kappa shape index (κ2) is 5.85. The first kappa shape index (κ1) is 14.7. The minimum absolute atomic E-state index is 0.0604. The third kappa shape index (κ3) is 2.87. The number of fused-ring (bicyclic) bond motifs is 1. The fraction of sp³-hybridized carbons (Fsp3) is 0.0625. The molecule has 0 aliphatic heterocycles. The van der Waals surface area contributed by atoms with Crippen molar-refractivity contribution in [3.05, 3.63) is 59.9 Å². The number of para-hydroxylation sites is 2. The molecule has 0 aliphatic rings. The lowest BCUT2D eigenvalue weighted by Gasteiger charge is -2.08. The minimum atomic E-state index is -1.20. The number of imidazole rings is 1. The Morgan fingerprint density at radius 1 is 1.22 bits per heavy atom. The molecule has 0 saturated carbocycles.